The summed E-state index contributed by atoms with van der Waals surface area (Å²) in [5.74, 6) is 0.361. The summed E-state index contributed by atoms with van der Waals surface area (Å²) >= 11 is 0. The monoisotopic (exact) mass is 294 g/mol. The number of benzene rings is 1. The Morgan fingerprint density at radius 1 is 1.25 bits per heavy atom. The van der Waals surface area contributed by atoms with E-state index in [-0.39, 0.29) is 17.8 Å². The van der Waals surface area contributed by atoms with Crippen LogP contribution in [-0.2, 0) is 11.3 Å². The summed E-state index contributed by atoms with van der Waals surface area (Å²) in [4.78, 5) is 14.7. The molecule has 2 aliphatic rings. The molecule has 1 aromatic carbocycles. The van der Waals surface area contributed by atoms with Crippen LogP contribution >= 0.6 is 12.4 Å². The van der Waals surface area contributed by atoms with Gasteiger partial charge in [0.2, 0.25) is 5.91 Å². The molecule has 0 aliphatic carbocycles. The van der Waals surface area contributed by atoms with Gasteiger partial charge in [-0.25, -0.2) is 0 Å². The molecule has 2 heterocycles. The third kappa shape index (κ3) is 2.84. The highest BCUT2D eigenvalue weighted by Crippen LogP contribution is 2.38. The van der Waals surface area contributed by atoms with E-state index in [1.54, 1.807) is 0 Å². The van der Waals surface area contributed by atoms with Crippen molar-refractivity contribution in [3.05, 3.63) is 35.4 Å². The first-order valence-electron chi connectivity index (χ1n) is 7.25. The molecular weight excluding hydrogens is 272 g/mol. The molecule has 3 nitrogen and oxygen atoms in total. The fourth-order valence-electron chi connectivity index (χ4n) is 3.32. The quantitative estimate of drug-likeness (QED) is 0.909. The minimum absolute atomic E-state index is 0. The van der Waals surface area contributed by atoms with Gasteiger partial charge in [-0.2, -0.15) is 0 Å². The summed E-state index contributed by atoms with van der Waals surface area (Å²) in [7, 11) is 0. The Hall–Kier alpha value is -1.06. The summed E-state index contributed by atoms with van der Waals surface area (Å²) in [5.41, 5.74) is 2.41. The Balaban J connectivity index is 0.00000147. The molecule has 0 saturated carbocycles. The third-order valence-corrected chi connectivity index (χ3v) is 4.57. The number of halogens is 1. The zero-order chi connectivity index (χ0) is 13.3. The van der Waals surface area contributed by atoms with Gasteiger partial charge in [-0.15, -0.1) is 12.4 Å². The second-order valence-electron chi connectivity index (χ2n) is 6.02. The molecule has 2 fully saturated rings. The Kier molecular flexibility index (Phi) is 4.71. The van der Waals surface area contributed by atoms with Crippen LogP contribution in [0.1, 0.15) is 30.4 Å². The Labute approximate surface area is 127 Å². The van der Waals surface area contributed by atoms with Crippen LogP contribution in [0.15, 0.2) is 24.3 Å². The van der Waals surface area contributed by atoms with Crippen LogP contribution in [0.2, 0.25) is 0 Å². The van der Waals surface area contributed by atoms with Crippen molar-refractivity contribution in [3.8, 4) is 0 Å². The molecule has 2 saturated heterocycles. The number of hydrogen-bond donors (Lipinski definition) is 1. The average Bonchev–Trinajstić information content (AvgIpc) is 2.72. The molecule has 0 aromatic heterocycles. The number of hydrogen-bond acceptors (Lipinski definition) is 2. The fraction of sp³-hybridized carbons (Fsp3) is 0.562. The lowest BCUT2D eigenvalue weighted by Crippen LogP contribution is -2.45. The highest BCUT2D eigenvalue weighted by atomic mass is 35.5. The van der Waals surface area contributed by atoms with E-state index < -0.39 is 0 Å². The molecule has 20 heavy (non-hydrogen) atoms. The number of likely N-dealkylation sites (tertiary alicyclic amines) is 1. The molecule has 1 atom stereocenters. The molecule has 0 radical (unpaired) electrons. The maximum Gasteiger partial charge on any atom is 0.230 e. The minimum atomic E-state index is -0.0943. The van der Waals surface area contributed by atoms with Gasteiger partial charge in [0.05, 0.1) is 5.41 Å². The molecule has 1 spiro atoms. The predicted octanol–water partition coefficient (Wildman–Crippen LogP) is 2.52. The third-order valence-electron chi connectivity index (χ3n) is 4.57. The van der Waals surface area contributed by atoms with Gasteiger partial charge in [-0.1, -0.05) is 29.8 Å². The van der Waals surface area contributed by atoms with Crippen molar-refractivity contribution in [2.45, 2.75) is 32.7 Å². The normalized spacial score (nSPS) is 25.9. The van der Waals surface area contributed by atoms with E-state index >= 15 is 0 Å². The van der Waals surface area contributed by atoms with Gasteiger partial charge in [-0.3, -0.25) is 4.79 Å². The maximum absolute atomic E-state index is 12.6. The lowest BCUT2D eigenvalue weighted by Gasteiger charge is -2.32. The van der Waals surface area contributed by atoms with Crippen molar-refractivity contribution in [1.82, 2.24) is 10.2 Å². The number of nitrogens with zero attached hydrogens (tertiary/aromatic N) is 1. The minimum Gasteiger partial charge on any atom is -0.338 e. The van der Waals surface area contributed by atoms with Crippen molar-refractivity contribution in [1.29, 1.82) is 0 Å². The van der Waals surface area contributed by atoms with Gasteiger partial charge in [0.25, 0.3) is 0 Å². The van der Waals surface area contributed by atoms with Crippen molar-refractivity contribution in [3.63, 3.8) is 0 Å². The number of rotatable bonds is 2. The van der Waals surface area contributed by atoms with Crippen LogP contribution in [0.5, 0.6) is 0 Å². The van der Waals surface area contributed by atoms with Crippen LogP contribution in [0.25, 0.3) is 0 Å². The van der Waals surface area contributed by atoms with Crippen LogP contribution in [0.3, 0.4) is 0 Å². The largest absolute Gasteiger partial charge is 0.338 e. The summed E-state index contributed by atoms with van der Waals surface area (Å²) in [6.07, 6.45) is 3.21. The van der Waals surface area contributed by atoms with Gasteiger partial charge in [0, 0.05) is 19.6 Å². The van der Waals surface area contributed by atoms with Crippen molar-refractivity contribution in [2.24, 2.45) is 5.41 Å². The van der Waals surface area contributed by atoms with Gasteiger partial charge in [-0.05, 0) is 38.3 Å². The molecule has 4 heteroatoms. The average molecular weight is 295 g/mol. The molecule has 1 unspecified atom stereocenters. The highest BCUT2D eigenvalue weighted by molar-refractivity contribution is 5.85. The van der Waals surface area contributed by atoms with Gasteiger partial charge >= 0.3 is 0 Å². The van der Waals surface area contributed by atoms with Crippen LogP contribution in [0, 0.1) is 12.3 Å². The van der Waals surface area contributed by atoms with E-state index in [1.165, 1.54) is 11.1 Å². The highest BCUT2D eigenvalue weighted by Gasteiger charge is 2.46. The molecule has 0 bridgehead atoms. The topological polar surface area (TPSA) is 32.3 Å². The number of carbonyl (C=O) groups is 1. The van der Waals surface area contributed by atoms with Crippen LogP contribution in [0.4, 0.5) is 0 Å². The number of carbonyl (C=O) groups excluding carboxylic acids is 1. The van der Waals surface area contributed by atoms with E-state index in [1.807, 2.05) is 4.90 Å². The van der Waals surface area contributed by atoms with E-state index in [0.29, 0.717) is 5.91 Å². The lowest BCUT2D eigenvalue weighted by molar-refractivity contribution is -0.137. The molecular formula is C16H23ClN2O. The number of piperidine rings is 1. The van der Waals surface area contributed by atoms with Gasteiger partial charge in [0.1, 0.15) is 0 Å². The first-order valence-corrected chi connectivity index (χ1v) is 7.25. The zero-order valence-electron chi connectivity index (χ0n) is 12.0. The summed E-state index contributed by atoms with van der Waals surface area (Å²) in [6, 6.07) is 8.50. The summed E-state index contributed by atoms with van der Waals surface area (Å²) in [6.45, 7) is 5.70. The molecule has 1 aromatic rings. The molecule has 2 aliphatic heterocycles. The van der Waals surface area contributed by atoms with Crippen LogP contribution < -0.4 is 5.32 Å². The Bertz CT molecular complexity index is 466. The van der Waals surface area contributed by atoms with E-state index in [0.717, 1.165) is 45.4 Å². The first kappa shape index (κ1) is 15.3. The summed E-state index contributed by atoms with van der Waals surface area (Å²) < 4.78 is 0. The predicted molar refractivity (Wildman–Crippen MR) is 83.0 cm³/mol. The molecule has 110 valence electrons. The summed E-state index contributed by atoms with van der Waals surface area (Å²) in [5, 5.41) is 3.39. The standard InChI is InChI=1S/C16H22N2O.ClH/c1-13-3-5-14(6-4-13)11-18-10-8-16(15(18)19)7-2-9-17-12-16;/h3-6,17H,2,7-12H2,1H3;1H. The van der Waals surface area contributed by atoms with E-state index in [4.69, 9.17) is 0 Å². The number of aryl methyl sites for hydroxylation is 1. The Morgan fingerprint density at radius 2 is 2.00 bits per heavy atom. The second kappa shape index (κ2) is 6.15. The second-order valence-corrected chi connectivity index (χ2v) is 6.02. The number of nitrogens with one attached hydrogen (secondary N) is 1. The molecule has 1 N–H and O–H groups in total. The number of amides is 1. The Morgan fingerprint density at radius 3 is 2.65 bits per heavy atom. The van der Waals surface area contributed by atoms with Gasteiger partial charge in [0.15, 0.2) is 0 Å². The van der Waals surface area contributed by atoms with Crippen molar-refractivity contribution >= 4 is 18.3 Å². The maximum atomic E-state index is 12.6. The van der Waals surface area contributed by atoms with E-state index in [9.17, 15) is 4.79 Å². The van der Waals surface area contributed by atoms with Gasteiger partial charge < -0.3 is 10.2 Å². The SMILES string of the molecule is Cc1ccc(CN2CCC3(CCCNC3)C2=O)cc1.Cl. The first-order chi connectivity index (χ1) is 9.20. The lowest BCUT2D eigenvalue weighted by atomic mass is 9.79. The van der Waals surface area contributed by atoms with Crippen LogP contribution in [-0.4, -0.2) is 30.4 Å². The smallest absolute Gasteiger partial charge is 0.230 e. The van der Waals surface area contributed by atoms with E-state index in [2.05, 4.69) is 36.5 Å². The fourth-order valence-corrected chi connectivity index (χ4v) is 3.32. The molecule has 3 rings (SSSR count). The molecule has 1 amide bonds. The van der Waals surface area contributed by atoms with Crippen molar-refractivity contribution < 1.29 is 4.79 Å². The zero-order valence-corrected chi connectivity index (χ0v) is 12.8. The van der Waals surface area contributed by atoms with Crippen molar-refractivity contribution in [2.75, 3.05) is 19.6 Å².